The zero-order chi connectivity index (χ0) is 16.5. The van der Waals surface area contributed by atoms with E-state index in [0.717, 1.165) is 11.1 Å². The van der Waals surface area contributed by atoms with Gasteiger partial charge in [0.2, 0.25) is 0 Å². The van der Waals surface area contributed by atoms with Gasteiger partial charge in [-0.2, -0.15) is 13.7 Å². The molecular formula is C17H17NO3S. The number of aryl methyl sites for hydroxylation is 2. The largest absolute Gasteiger partial charge is 0.379 e. The van der Waals surface area contributed by atoms with Gasteiger partial charge < -0.3 is 4.18 Å². The summed E-state index contributed by atoms with van der Waals surface area (Å²) in [4.78, 5) is 0.217. The second-order valence-corrected chi connectivity index (χ2v) is 6.75. The molecule has 114 valence electrons. The maximum absolute atomic E-state index is 12.6. The number of rotatable bonds is 3. The van der Waals surface area contributed by atoms with Crippen molar-refractivity contribution >= 4 is 10.1 Å². The first-order valence-electron chi connectivity index (χ1n) is 6.78. The van der Waals surface area contributed by atoms with Crippen LogP contribution in [-0.4, -0.2) is 8.42 Å². The highest BCUT2D eigenvalue weighted by Gasteiger charge is 2.24. The molecule has 0 atom stereocenters. The van der Waals surface area contributed by atoms with Gasteiger partial charge in [-0.25, -0.2) is 0 Å². The van der Waals surface area contributed by atoms with E-state index in [1.165, 1.54) is 24.3 Å². The van der Waals surface area contributed by atoms with Gasteiger partial charge in [-0.15, -0.1) is 0 Å². The van der Waals surface area contributed by atoms with Crippen molar-refractivity contribution in [1.29, 1.82) is 5.26 Å². The SMILES string of the molecule is Cc1cc(C)c(C)c(S(=O)(=O)Oc2ccc(C#N)cc2)c1C. The van der Waals surface area contributed by atoms with Crippen LogP contribution < -0.4 is 4.18 Å². The van der Waals surface area contributed by atoms with Crippen molar-refractivity contribution < 1.29 is 12.6 Å². The lowest BCUT2D eigenvalue weighted by atomic mass is 10.0. The van der Waals surface area contributed by atoms with Crippen LogP contribution in [0.5, 0.6) is 5.75 Å². The van der Waals surface area contributed by atoms with Gasteiger partial charge in [-0.1, -0.05) is 6.07 Å². The average Bonchev–Trinajstić information content (AvgIpc) is 2.45. The molecule has 0 amide bonds. The molecule has 0 fully saturated rings. The smallest absolute Gasteiger partial charge is 0.339 e. The lowest BCUT2D eigenvalue weighted by molar-refractivity contribution is 0.484. The zero-order valence-electron chi connectivity index (χ0n) is 13.0. The number of hydrogen-bond acceptors (Lipinski definition) is 4. The summed E-state index contributed by atoms with van der Waals surface area (Å²) in [7, 11) is -3.92. The van der Waals surface area contributed by atoms with Crippen molar-refractivity contribution in [3.8, 4) is 11.8 Å². The minimum absolute atomic E-state index is 0.192. The molecule has 0 saturated carbocycles. The average molecular weight is 315 g/mol. The Labute approximate surface area is 131 Å². The summed E-state index contributed by atoms with van der Waals surface area (Å²) in [5, 5.41) is 8.76. The molecule has 0 aliphatic heterocycles. The van der Waals surface area contributed by atoms with Crippen LogP contribution in [0.2, 0.25) is 0 Å². The second-order valence-electron chi connectivity index (χ2n) is 5.26. The van der Waals surface area contributed by atoms with Gasteiger partial charge in [0.15, 0.2) is 0 Å². The summed E-state index contributed by atoms with van der Waals surface area (Å²) < 4.78 is 30.5. The summed E-state index contributed by atoms with van der Waals surface area (Å²) in [6.45, 7) is 7.30. The van der Waals surface area contributed by atoms with Gasteiger partial charge in [0.05, 0.1) is 11.6 Å². The molecule has 5 heteroatoms. The number of nitrogens with zero attached hydrogens (tertiary/aromatic N) is 1. The number of hydrogen-bond donors (Lipinski definition) is 0. The van der Waals surface area contributed by atoms with Crippen LogP contribution in [0, 0.1) is 39.0 Å². The Balaban J connectivity index is 2.49. The van der Waals surface area contributed by atoms with Crippen molar-refractivity contribution in [2.75, 3.05) is 0 Å². The van der Waals surface area contributed by atoms with E-state index in [2.05, 4.69) is 0 Å². The third kappa shape index (κ3) is 2.97. The Kier molecular flexibility index (Phi) is 4.25. The molecule has 22 heavy (non-hydrogen) atoms. The molecule has 2 aromatic carbocycles. The first-order chi connectivity index (χ1) is 10.3. The van der Waals surface area contributed by atoms with Crippen LogP contribution in [0.3, 0.4) is 0 Å². The Bertz CT molecular complexity index is 834. The molecule has 2 aromatic rings. The fourth-order valence-electron chi connectivity index (χ4n) is 2.31. The minimum Gasteiger partial charge on any atom is -0.379 e. The fraction of sp³-hybridized carbons (Fsp3) is 0.235. The van der Waals surface area contributed by atoms with Gasteiger partial charge in [-0.05, 0) is 74.2 Å². The normalized spacial score (nSPS) is 11.0. The second kappa shape index (κ2) is 5.82. The molecule has 0 aromatic heterocycles. The van der Waals surface area contributed by atoms with Gasteiger partial charge in [0, 0.05) is 0 Å². The molecule has 0 spiro atoms. The van der Waals surface area contributed by atoms with Gasteiger partial charge in [0.1, 0.15) is 10.6 Å². The monoisotopic (exact) mass is 315 g/mol. The topological polar surface area (TPSA) is 67.2 Å². The van der Waals surface area contributed by atoms with E-state index < -0.39 is 10.1 Å². The summed E-state index contributed by atoms with van der Waals surface area (Å²) in [6, 6.07) is 9.93. The first kappa shape index (κ1) is 16.1. The van der Waals surface area contributed by atoms with E-state index in [1.807, 2.05) is 26.0 Å². The molecule has 4 nitrogen and oxygen atoms in total. The summed E-state index contributed by atoms with van der Waals surface area (Å²) >= 11 is 0. The Morgan fingerprint density at radius 1 is 0.955 bits per heavy atom. The maximum Gasteiger partial charge on any atom is 0.339 e. The summed E-state index contributed by atoms with van der Waals surface area (Å²) in [6.07, 6.45) is 0. The maximum atomic E-state index is 12.6. The Hall–Kier alpha value is -2.32. The highest BCUT2D eigenvalue weighted by atomic mass is 32.2. The van der Waals surface area contributed by atoms with Crippen LogP contribution in [0.4, 0.5) is 0 Å². The van der Waals surface area contributed by atoms with Crippen LogP contribution >= 0.6 is 0 Å². The van der Waals surface area contributed by atoms with Crippen LogP contribution in [0.25, 0.3) is 0 Å². The van der Waals surface area contributed by atoms with Gasteiger partial charge in [0.25, 0.3) is 0 Å². The molecule has 2 rings (SSSR count). The molecule has 0 unspecified atom stereocenters. The van der Waals surface area contributed by atoms with E-state index in [1.54, 1.807) is 13.8 Å². The lowest BCUT2D eigenvalue weighted by Crippen LogP contribution is -2.14. The quantitative estimate of drug-likeness (QED) is 0.812. The molecule has 0 saturated heterocycles. The lowest BCUT2D eigenvalue weighted by Gasteiger charge is -2.15. The fourth-order valence-corrected chi connectivity index (χ4v) is 3.83. The van der Waals surface area contributed by atoms with Crippen LogP contribution in [0.15, 0.2) is 35.2 Å². The molecule has 0 aliphatic rings. The molecular weight excluding hydrogens is 298 g/mol. The van der Waals surface area contributed by atoms with Crippen molar-refractivity contribution in [2.45, 2.75) is 32.6 Å². The van der Waals surface area contributed by atoms with E-state index >= 15 is 0 Å². The zero-order valence-corrected chi connectivity index (χ0v) is 13.8. The van der Waals surface area contributed by atoms with Crippen molar-refractivity contribution in [3.63, 3.8) is 0 Å². The standard InChI is InChI=1S/C17H17NO3S/c1-11-9-12(2)14(4)17(13(11)3)22(19,20)21-16-7-5-15(10-18)6-8-16/h5-9H,1-4H3. The molecule has 0 aliphatic carbocycles. The molecule has 0 heterocycles. The van der Waals surface area contributed by atoms with Crippen LogP contribution in [-0.2, 0) is 10.1 Å². The Morgan fingerprint density at radius 3 is 1.91 bits per heavy atom. The molecule has 0 radical (unpaired) electrons. The number of nitriles is 1. The predicted molar refractivity (Wildman–Crippen MR) is 84.4 cm³/mol. The number of benzene rings is 2. The Morgan fingerprint density at radius 2 is 1.45 bits per heavy atom. The predicted octanol–water partition coefficient (Wildman–Crippen LogP) is 3.56. The minimum atomic E-state index is -3.92. The van der Waals surface area contributed by atoms with E-state index in [0.29, 0.717) is 16.7 Å². The highest BCUT2D eigenvalue weighted by molar-refractivity contribution is 7.87. The van der Waals surface area contributed by atoms with Gasteiger partial charge >= 0.3 is 10.1 Å². The molecule has 0 bridgehead atoms. The van der Waals surface area contributed by atoms with Crippen molar-refractivity contribution in [3.05, 3.63) is 58.1 Å². The van der Waals surface area contributed by atoms with E-state index in [9.17, 15) is 8.42 Å². The summed E-state index contributed by atoms with van der Waals surface area (Å²) in [5.74, 6) is 0.192. The van der Waals surface area contributed by atoms with Crippen LogP contribution in [0.1, 0.15) is 27.8 Å². The van der Waals surface area contributed by atoms with Gasteiger partial charge in [-0.3, -0.25) is 0 Å². The van der Waals surface area contributed by atoms with Crippen molar-refractivity contribution in [2.24, 2.45) is 0 Å². The molecule has 0 N–H and O–H groups in total. The summed E-state index contributed by atoms with van der Waals surface area (Å²) in [5.41, 5.74) is 3.65. The van der Waals surface area contributed by atoms with Crippen molar-refractivity contribution in [1.82, 2.24) is 0 Å². The third-order valence-corrected chi connectivity index (χ3v) is 5.26. The van der Waals surface area contributed by atoms with E-state index in [-0.39, 0.29) is 10.6 Å². The highest BCUT2D eigenvalue weighted by Crippen LogP contribution is 2.28. The first-order valence-corrected chi connectivity index (χ1v) is 8.19. The van der Waals surface area contributed by atoms with E-state index in [4.69, 9.17) is 9.44 Å². The third-order valence-electron chi connectivity index (χ3n) is 3.74.